The molecule has 3 heteroatoms. The highest BCUT2D eigenvalue weighted by molar-refractivity contribution is 5.97. The van der Waals surface area contributed by atoms with Gasteiger partial charge in [0.1, 0.15) is 5.75 Å². The van der Waals surface area contributed by atoms with E-state index in [4.69, 9.17) is 4.74 Å². The third kappa shape index (κ3) is 1.94. The average molecular weight is 229 g/mol. The van der Waals surface area contributed by atoms with Crippen LogP contribution in [0.2, 0.25) is 0 Å². The van der Waals surface area contributed by atoms with Gasteiger partial charge in [-0.05, 0) is 18.6 Å². The number of phenols is 1. The van der Waals surface area contributed by atoms with E-state index in [1.54, 1.807) is 6.07 Å². The Morgan fingerprint density at radius 2 is 1.94 bits per heavy atom. The monoisotopic (exact) mass is 229 g/mol. The molecule has 2 N–H and O–H groups in total. The van der Waals surface area contributed by atoms with E-state index in [9.17, 15) is 5.11 Å². The van der Waals surface area contributed by atoms with Crippen molar-refractivity contribution in [2.75, 3.05) is 18.5 Å². The number of hydrogen-bond donors (Lipinski definition) is 2. The third-order valence-electron chi connectivity index (χ3n) is 3.19. The van der Waals surface area contributed by atoms with E-state index in [1.165, 1.54) is 0 Å². The van der Waals surface area contributed by atoms with Crippen LogP contribution in [0.5, 0.6) is 5.75 Å². The van der Waals surface area contributed by atoms with Crippen LogP contribution in [0.15, 0.2) is 36.4 Å². The van der Waals surface area contributed by atoms with Crippen molar-refractivity contribution < 1.29 is 9.84 Å². The van der Waals surface area contributed by atoms with Gasteiger partial charge in [-0.25, -0.2) is 0 Å². The summed E-state index contributed by atoms with van der Waals surface area (Å²) in [5, 5.41) is 15.2. The van der Waals surface area contributed by atoms with Gasteiger partial charge in [-0.2, -0.15) is 0 Å². The van der Waals surface area contributed by atoms with Gasteiger partial charge >= 0.3 is 0 Å². The highest BCUT2D eigenvalue weighted by atomic mass is 16.5. The Labute approximate surface area is 100 Å². The summed E-state index contributed by atoms with van der Waals surface area (Å²) in [6.45, 7) is 1.59. The summed E-state index contributed by atoms with van der Waals surface area (Å²) in [5.74, 6) is 0.328. The molecule has 2 aromatic rings. The van der Waals surface area contributed by atoms with Crippen LogP contribution in [0.4, 0.5) is 5.69 Å². The van der Waals surface area contributed by atoms with Gasteiger partial charge in [0.2, 0.25) is 0 Å². The van der Waals surface area contributed by atoms with Crippen LogP contribution >= 0.6 is 0 Å². The van der Waals surface area contributed by atoms with Crippen LogP contribution in [0.1, 0.15) is 6.42 Å². The van der Waals surface area contributed by atoms with Gasteiger partial charge in [0.25, 0.3) is 0 Å². The Morgan fingerprint density at radius 3 is 2.76 bits per heavy atom. The zero-order valence-corrected chi connectivity index (χ0v) is 9.52. The maximum absolute atomic E-state index is 9.80. The second-order valence-electron chi connectivity index (χ2n) is 4.38. The van der Waals surface area contributed by atoms with Crippen molar-refractivity contribution >= 4 is 16.5 Å². The first-order valence-electron chi connectivity index (χ1n) is 5.89. The molecule has 0 amide bonds. The van der Waals surface area contributed by atoms with Crippen molar-refractivity contribution in [2.24, 2.45) is 0 Å². The van der Waals surface area contributed by atoms with E-state index in [0.29, 0.717) is 11.8 Å². The lowest BCUT2D eigenvalue weighted by Crippen LogP contribution is -2.18. The molecule has 0 radical (unpaired) electrons. The number of phenolic OH excluding ortho intramolecular Hbond substituents is 1. The number of aromatic hydroxyl groups is 1. The smallest absolute Gasteiger partial charge is 0.123 e. The summed E-state index contributed by atoms with van der Waals surface area (Å²) in [4.78, 5) is 0. The maximum Gasteiger partial charge on any atom is 0.123 e. The Morgan fingerprint density at radius 1 is 1.12 bits per heavy atom. The van der Waals surface area contributed by atoms with Crippen LogP contribution in [-0.2, 0) is 4.74 Å². The van der Waals surface area contributed by atoms with Crippen molar-refractivity contribution in [2.45, 2.75) is 12.5 Å². The van der Waals surface area contributed by atoms with E-state index >= 15 is 0 Å². The molecule has 0 aliphatic carbocycles. The molecule has 1 saturated heterocycles. The van der Waals surface area contributed by atoms with Gasteiger partial charge in [0.15, 0.2) is 0 Å². The standard InChI is InChI=1S/C14H15NO2/c16-14-6-2-3-11-12(14)4-1-5-13(11)15-10-7-8-17-9-10/h1-6,10,15-16H,7-9H2. The molecular formula is C14H15NO2. The fraction of sp³-hybridized carbons (Fsp3) is 0.286. The van der Waals surface area contributed by atoms with Gasteiger partial charge in [-0.15, -0.1) is 0 Å². The number of hydrogen-bond acceptors (Lipinski definition) is 3. The van der Waals surface area contributed by atoms with Crippen molar-refractivity contribution in [1.82, 2.24) is 0 Å². The number of rotatable bonds is 2. The molecule has 0 spiro atoms. The highest BCUT2D eigenvalue weighted by Crippen LogP contribution is 2.30. The summed E-state index contributed by atoms with van der Waals surface area (Å²) in [5.41, 5.74) is 1.06. The quantitative estimate of drug-likeness (QED) is 0.832. The van der Waals surface area contributed by atoms with Gasteiger partial charge < -0.3 is 15.2 Å². The Balaban J connectivity index is 2.01. The van der Waals surface area contributed by atoms with Crippen LogP contribution in [0.25, 0.3) is 10.8 Å². The molecule has 1 heterocycles. The van der Waals surface area contributed by atoms with E-state index in [2.05, 4.69) is 5.32 Å². The van der Waals surface area contributed by atoms with E-state index in [-0.39, 0.29) is 0 Å². The predicted molar refractivity (Wildman–Crippen MR) is 68.5 cm³/mol. The fourth-order valence-corrected chi connectivity index (χ4v) is 2.29. The minimum absolute atomic E-state index is 0.328. The van der Waals surface area contributed by atoms with Crippen molar-refractivity contribution in [3.63, 3.8) is 0 Å². The molecule has 1 unspecified atom stereocenters. The highest BCUT2D eigenvalue weighted by Gasteiger charge is 2.16. The van der Waals surface area contributed by atoms with Gasteiger partial charge in [-0.3, -0.25) is 0 Å². The van der Waals surface area contributed by atoms with Crippen LogP contribution in [-0.4, -0.2) is 24.4 Å². The molecule has 88 valence electrons. The topological polar surface area (TPSA) is 41.5 Å². The molecule has 1 fully saturated rings. The molecule has 3 rings (SSSR count). The number of anilines is 1. The van der Waals surface area contributed by atoms with Gasteiger partial charge in [0.05, 0.1) is 12.6 Å². The second-order valence-corrected chi connectivity index (χ2v) is 4.38. The maximum atomic E-state index is 9.80. The second kappa shape index (κ2) is 4.26. The van der Waals surface area contributed by atoms with Crippen molar-refractivity contribution in [1.29, 1.82) is 0 Å². The molecule has 17 heavy (non-hydrogen) atoms. The Kier molecular flexibility index (Phi) is 2.61. The summed E-state index contributed by atoms with van der Waals surface area (Å²) < 4.78 is 5.35. The number of nitrogens with one attached hydrogen (secondary N) is 1. The molecular weight excluding hydrogens is 214 g/mol. The zero-order chi connectivity index (χ0) is 11.7. The lowest BCUT2D eigenvalue weighted by molar-refractivity contribution is 0.195. The Bertz CT molecular complexity index is 533. The van der Waals surface area contributed by atoms with Crippen LogP contribution in [0, 0.1) is 0 Å². The third-order valence-corrected chi connectivity index (χ3v) is 3.19. The molecule has 0 bridgehead atoms. The summed E-state index contributed by atoms with van der Waals surface area (Å²) in [6.07, 6.45) is 1.04. The SMILES string of the molecule is Oc1cccc2c(NC3CCOC3)cccc12. The molecule has 3 nitrogen and oxygen atoms in total. The predicted octanol–water partition coefficient (Wildman–Crippen LogP) is 2.75. The fourth-order valence-electron chi connectivity index (χ4n) is 2.29. The molecule has 0 saturated carbocycles. The molecule has 1 aliphatic heterocycles. The molecule has 0 aromatic heterocycles. The lowest BCUT2D eigenvalue weighted by Gasteiger charge is -2.14. The summed E-state index contributed by atoms with van der Waals surface area (Å²) >= 11 is 0. The van der Waals surface area contributed by atoms with Crippen LogP contribution < -0.4 is 5.32 Å². The van der Waals surface area contributed by atoms with E-state index in [0.717, 1.165) is 36.1 Å². The first kappa shape index (κ1) is 10.4. The largest absolute Gasteiger partial charge is 0.507 e. The summed E-state index contributed by atoms with van der Waals surface area (Å²) in [6, 6.07) is 11.9. The van der Waals surface area contributed by atoms with Gasteiger partial charge in [-0.1, -0.05) is 24.3 Å². The van der Waals surface area contributed by atoms with Gasteiger partial charge in [0, 0.05) is 23.1 Å². The van der Waals surface area contributed by atoms with Crippen molar-refractivity contribution in [3.05, 3.63) is 36.4 Å². The average Bonchev–Trinajstić information content (AvgIpc) is 2.83. The number of fused-ring (bicyclic) bond motifs is 1. The Hall–Kier alpha value is -1.74. The number of ether oxygens (including phenoxy) is 1. The minimum atomic E-state index is 0.328. The van der Waals surface area contributed by atoms with Crippen molar-refractivity contribution in [3.8, 4) is 5.75 Å². The van der Waals surface area contributed by atoms with E-state index < -0.39 is 0 Å². The first-order valence-corrected chi connectivity index (χ1v) is 5.89. The zero-order valence-electron chi connectivity index (χ0n) is 9.52. The molecule has 2 aromatic carbocycles. The normalized spacial score (nSPS) is 19.6. The van der Waals surface area contributed by atoms with E-state index in [1.807, 2.05) is 30.3 Å². The summed E-state index contributed by atoms with van der Waals surface area (Å²) in [7, 11) is 0. The first-order chi connectivity index (χ1) is 8.34. The molecule has 1 aliphatic rings. The minimum Gasteiger partial charge on any atom is -0.507 e. The van der Waals surface area contributed by atoms with Crippen LogP contribution in [0.3, 0.4) is 0 Å². The lowest BCUT2D eigenvalue weighted by atomic mass is 10.1. The molecule has 1 atom stereocenters. The number of benzene rings is 2.